The Hall–Kier alpha value is -3.36. The van der Waals surface area contributed by atoms with Crippen LogP contribution in [-0.4, -0.2) is 66.2 Å². The minimum Gasteiger partial charge on any atom is -0.907 e. The highest BCUT2D eigenvalue weighted by Crippen LogP contribution is 2.36. The second-order valence-corrected chi connectivity index (χ2v) is 15.7. The van der Waals surface area contributed by atoms with Gasteiger partial charge in [-0.1, -0.05) is 62.3 Å². The largest absolute Gasteiger partial charge is 0.907 e. The lowest BCUT2D eigenvalue weighted by atomic mass is 10.1. The maximum atomic E-state index is 14.1. The zero-order valence-electron chi connectivity index (χ0n) is 38.6. The van der Waals surface area contributed by atoms with E-state index in [1.807, 2.05) is 62.3 Å². The Kier molecular flexibility index (Phi) is 27.8. The molecule has 0 radical (unpaired) electrons. The molecule has 0 fully saturated rings. The number of hydrogen-bond donors (Lipinski definition) is 0. The summed E-state index contributed by atoms with van der Waals surface area (Å²) >= 11 is 0. The van der Waals surface area contributed by atoms with Crippen LogP contribution in [-0.2, 0) is 0 Å². The summed E-state index contributed by atoms with van der Waals surface area (Å²) in [5, 5.41) is 25.2. The third-order valence-electron chi connectivity index (χ3n) is 10.6. The van der Waals surface area contributed by atoms with E-state index in [0.717, 1.165) is 0 Å². The lowest BCUT2D eigenvalue weighted by Gasteiger charge is -2.38. The van der Waals surface area contributed by atoms with Gasteiger partial charge in [-0.15, -0.1) is 0 Å². The molecule has 64 heavy (non-hydrogen) atoms. The number of hydrogen-bond acceptors (Lipinski definition) is 3. The molecule has 0 bridgehead atoms. The minimum absolute atomic E-state index is 0.0262. The predicted molar refractivity (Wildman–Crippen MR) is 226 cm³/mol. The summed E-state index contributed by atoms with van der Waals surface area (Å²) in [5.74, 6) is -16.4. The van der Waals surface area contributed by atoms with Crippen molar-refractivity contribution in [3.8, 4) is 0 Å². The molecule has 0 N–H and O–H groups in total. The van der Waals surface area contributed by atoms with Gasteiger partial charge in [0.2, 0.25) is 52.0 Å². The molecule has 0 aliphatic carbocycles. The van der Waals surface area contributed by atoms with Crippen molar-refractivity contribution in [2.75, 3.05) is 58.9 Å². The fourth-order valence-electron chi connectivity index (χ4n) is 8.84. The Morgan fingerprint density at radius 2 is 0.438 bits per heavy atom. The Labute approximate surface area is 372 Å². The average Bonchev–Trinajstić information content (AvgIpc) is 3.19. The molecule has 0 saturated heterocycles. The van der Waals surface area contributed by atoms with Crippen molar-refractivity contribution in [3.63, 3.8) is 0 Å². The molecular weight excluding hydrogens is 869 g/mol. The first-order valence-corrected chi connectivity index (χ1v) is 22.1. The monoisotopic (exact) mass is 936 g/mol. The molecule has 3 rings (SSSR count). The van der Waals surface area contributed by atoms with E-state index in [1.54, 1.807) is 0 Å². The van der Waals surface area contributed by atoms with Gasteiger partial charge in [0.05, 0.1) is 58.9 Å². The van der Waals surface area contributed by atoms with Crippen molar-refractivity contribution in [1.82, 2.24) is 13.4 Å². The first kappa shape index (κ1) is 60.6. The highest BCUT2D eigenvalue weighted by molar-refractivity contribution is 6.24. The number of nitrogens with zero attached hydrogens (tertiary/aromatic N) is 3. The fourth-order valence-corrected chi connectivity index (χ4v) is 8.84. The van der Waals surface area contributed by atoms with E-state index in [-0.39, 0.29) is 30.5 Å². The van der Waals surface area contributed by atoms with Gasteiger partial charge in [0, 0.05) is 18.2 Å². The molecular formula is C45H66BF12N3O3. The second kappa shape index (κ2) is 29.3. The first-order valence-electron chi connectivity index (χ1n) is 22.1. The summed E-state index contributed by atoms with van der Waals surface area (Å²) in [6.45, 7) is 21.7. The molecule has 0 unspecified atom stereocenters. The van der Waals surface area contributed by atoms with E-state index in [1.165, 1.54) is 0 Å². The normalized spacial score (nSPS) is 11.6. The third kappa shape index (κ3) is 15.9. The molecule has 0 spiro atoms. The SMILES string of the molecule is CCC[N+](CCC)(CCC)c1c(F)cc(F)c(F)c1F.CCC[N+](CCC)(CCC)c1c(F)cc(F)c(F)c1F.CCC[N+](CCC)(CCC)c1c(F)cc(F)c(F)c1F.[O-]B([O-])[O-]. The summed E-state index contributed by atoms with van der Waals surface area (Å²) in [7, 11) is -2.92. The lowest BCUT2D eigenvalue weighted by Crippen LogP contribution is -2.56. The molecule has 0 aliphatic rings. The van der Waals surface area contributed by atoms with Crippen molar-refractivity contribution >= 4 is 24.4 Å². The van der Waals surface area contributed by atoms with Crippen LogP contribution in [0.1, 0.15) is 120 Å². The van der Waals surface area contributed by atoms with E-state index in [0.29, 0.717) is 135 Å². The molecule has 19 heteroatoms. The van der Waals surface area contributed by atoms with Crippen molar-refractivity contribution in [3.05, 3.63) is 88.0 Å². The highest BCUT2D eigenvalue weighted by Gasteiger charge is 2.40. The summed E-state index contributed by atoms with van der Waals surface area (Å²) in [4.78, 5) is 0. The molecule has 0 amide bonds. The van der Waals surface area contributed by atoms with Crippen LogP contribution in [0.4, 0.5) is 69.7 Å². The zero-order valence-corrected chi connectivity index (χ0v) is 38.6. The lowest BCUT2D eigenvalue weighted by molar-refractivity contribution is -0.479. The summed E-state index contributed by atoms with van der Waals surface area (Å²) < 4.78 is 165. The van der Waals surface area contributed by atoms with Crippen LogP contribution < -0.4 is 28.5 Å². The maximum Gasteiger partial charge on any atom is 0.225 e. The van der Waals surface area contributed by atoms with E-state index in [2.05, 4.69) is 0 Å². The van der Waals surface area contributed by atoms with Gasteiger partial charge in [-0.05, 0) is 57.8 Å². The van der Waals surface area contributed by atoms with Crippen LogP contribution in [0.5, 0.6) is 0 Å². The average molecular weight is 936 g/mol. The molecule has 6 nitrogen and oxygen atoms in total. The third-order valence-corrected chi connectivity index (χ3v) is 10.6. The molecule has 3 aromatic carbocycles. The van der Waals surface area contributed by atoms with Crippen molar-refractivity contribution in [2.45, 2.75) is 120 Å². The van der Waals surface area contributed by atoms with Gasteiger partial charge >= 0.3 is 0 Å². The van der Waals surface area contributed by atoms with Crippen LogP contribution in [0.2, 0.25) is 0 Å². The summed E-state index contributed by atoms with van der Waals surface area (Å²) in [5.41, 5.74) is -1.02. The van der Waals surface area contributed by atoms with Crippen LogP contribution in [0.15, 0.2) is 18.2 Å². The Bertz CT molecular complexity index is 1600. The molecule has 0 atom stereocenters. The van der Waals surface area contributed by atoms with E-state index in [9.17, 15) is 52.7 Å². The Morgan fingerprint density at radius 3 is 0.562 bits per heavy atom. The van der Waals surface area contributed by atoms with Gasteiger partial charge in [0.1, 0.15) is 0 Å². The predicted octanol–water partition coefficient (Wildman–Crippen LogP) is 10.4. The molecule has 0 aliphatic heterocycles. The van der Waals surface area contributed by atoms with Gasteiger partial charge in [-0.3, -0.25) is 20.8 Å². The standard InChI is InChI=1S/3C15H22F4N.BO3/c3*1-4-7-20(8-5-2,9-6-3)15-12(17)10-11(16)13(18)14(15)19;2-1(3)4/h3*10H,4-9H2,1-3H3;/q3*+1;-3. The van der Waals surface area contributed by atoms with Crippen LogP contribution >= 0.6 is 0 Å². The smallest absolute Gasteiger partial charge is 0.225 e. The summed E-state index contributed by atoms with van der Waals surface area (Å²) in [6, 6.07) is 1.34. The molecule has 0 saturated carbocycles. The molecule has 0 aromatic heterocycles. The second-order valence-electron chi connectivity index (χ2n) is 15.7. The highest BCUT2D eigenvalue weighted by atomic mass is 19.2. The molecule has 0 heterocycles. The first-order chi connectivity index (χ1) is 30.0. The van der Waals surface area contributed by atoms with Gasteiger partial charge in [-0.2, -0.15) is 13.2 Å². The molecule has 366 valence electrons. The van der Waals surface area contributed by atoms with Crippen molar-refractivity contribution in [1.29, 1.82) is 0 Å². The van der Waals surface area contributed by atoms with Crippen LogP contribution in [0, 0.1) is 69.8 Å². The Balaban J connectivity index is 0.000000891. The minimum atomic E-state index is -2.92. The van der Waals surface area contributed by atoms with Crippen molar-refractivity contribution < 1.29 is 67.8 Å². The zero-order chi connectivity index (χ0) is 49.6. The van der Waals surface area contributed by atoms with Gasteiger partial charge < -0.3 is 15.1 Å². The Morgan fingerprint density at radius 1 is 0.297 bits per heavy atom. The number of halogens is 12. The van der Waals surface area contributed by atoms with Crippen LogP contribution in [0.3, 0.4) is 0 Å². The van der Waals surface area contributed by atoms with Gasteiger partial charge in [-0.25, -0.2) is 39.5 Å². The molecule has 3 aromatic rings. The van der Waals surface area contributed by atoms with E-state index < -0.39 is 77.1 Å². The summed E-state index contributed by atoms with van der Waals surface area (Å²) in [6.07, 6.45) is 6.36. The number of benzene rings is 3. The van der Waals surface area contributed by atoms with E-state index in [4.69, 9.17) is 15.1 Å². The maximum absolute atomic E-state index is 14.1. The van der Waals surface area contributed by atoms with E-state index >= 15 is 0 Å². The number of quaternary nitrogens is 3. The number of rotatable bonds is 21. The van der Waals surface area contributed by atoms with Gasteiger partial charge in [0.15, 0.2) is 34.9 Å². The van der Waals surface area contributed by atoms with Crippen LogP contribution in [0.25, 0.3) is 0 Å². The fraction of sp³-hybridized carbons (Fsp3) is 0.600. The topological polar surface area (TPSA) is 69.2 Å². The van der Waals surface area contributed by atoms with Gasteiger partial charge in [0.25, 0.3) is 0 Å². The van der Waals surface area contributed by atoms with Crippen molar-refractivity contribution in [2.24, 2.45) is 0 Å². The quantitative estimate of drug-likeness (QED) is 0.0351.